The molecule has 0 aliphatic heterocycles. The van der Waals surface area contributed by atoms with Gasteiger partial charge in [-0.2, -0.15) is 0 Å². The lowest BCUT2D eigenvalue weighted by Gasteiger charge is -2.05. The second-order valence-corrected chi connectivity index (χ2v) is 2.17. The third kappa shape index (κ3) is 9.39. The molecule has 1 aliphatic rings. The van der Waals surface area contributed by atoms with Crippen molar-refractivity contribution in [3.05, 3.63) is 0 Å². The minimum absolute atomic E-state index is 1.50. The van der Waals surface area contributed by atoms with Crippen molar-refractivity contribution in [3.63, 3.8) is 0 Å². The molecule has 48 valence electrons. The second-order valence-electron chi connectivity index (χ2n) is 1.67. The van der Waals surface area contributed by atoms with Crippen LogP contribution in [0.2, 0.25) is 0 Å². The van der Waals surface area contributed by atoms with E-state index in [1.807, 2.05) is 0 Å². The number of rotatable bonds is 0. The van der Waals surface area contributed by atoms with Crippen LogP contribution in [0.3, 0.4) is 0 Å². The first-order chi connectivity index (χ1) is 3.73. The fraction of sp³-hybridized carbons (Fsp3) is 1.00. The molecule has 0 atom stereocenters. The zero-order valence-electron chi connectivity index (χ0n) is 4.58. The highest BCUT2D eigenvalue weighted by molar-refractivity contribution is 7.30. The Labute approximate surface area is 49.3 Å². The molecule has 8 heavy (non-hydrogen) atoms. The third-order valence-corrected chi connectivity index (χ3v) is 1.000. The molecule has 0 spiro atoms. The maximum Gasteiger partial charge on any atom is 0.692 e. The lowest BCUT2D eigenvalue weighted by Crippen LogP contribution is -1.85. The highest BCUT2D eigenvalue weighted by Gasteiger charge is 1.95. The van der Waals surface area contributed by atoms with Crippen LogP contribution in [0.4, 0.5) is 0 Å². The van der Waals surface area contributed by atoms with Gasteiger partial charge in [0.1, 0.15) is 0 Å². The minimum atomic E-state index is -2.87. The zero-order valence-corrected chi connectivity index (χ0v) is 5.47. The molecule has 0 heterocycles. The van der Waals surface area contributed by atoms with Crippen molar-refractivity contribution in [2.75, 3.05) is 0 Å². The van der Waals surface area contributed by atoms with E-state index in [2.05, 4.69) is 0 Å². The molecule has 0 aromatic heterocycles. The van der Waals surface area contributed by atoms with E-state index in [0.717, 1.165) is 0 Å². The molecule has 1 fully saturated rings. The van der Waals surface area contributed by atoms with E-state index in [4.69, 9.17) is 14.4 Å². The van der Waals surface area contributed by atoms with Crippen molar-refractivity contribution in [1.82, 2.24) is 0 Å². The first-order valence-corrected chi connectivity index (χ1v) is 3.75. The maximum absolute atomic E-state index is 8.70. The molecule has 0 aromatic carbocycles. The summed E-state index contributed by atoms with van der Waals surface area (Å²) in [4.78, 5) is 14.2. The van der Waals surface area contributed by atoms with Crippen molar-refractivity contribution >= 4 is 8.25 Å². The molecule has 2 N–H and O–H groups in total. The molecule has 1 aliphatic carbocycles. The predicted octanol–water partition coefficient (Wildman–Crippen LogP) is 1.19. The summed E-state index contributed by atoms with van der Waals surface area (Å²) in [7, 11) is -2.87. The minimum Gasteiger partial charge on any atom is -0.134 e. The first-order valence-electron chi connectivity index (χ1n) is 2.58. The lowest BCUT2D eigenvalue weighted by atomic mass is 10.0. The van der Waals surface area contributed by atoms with E-state index in [0.29, 0.717) is 0 Å². The average Bonchev–Trinajstić information content (AvgIpc) is 1.19. The van der Waals surface area contributed by atoms with Crippen LogP contribution in [0.25, 0.3) is 0 Å². The monoisotopic (exact) mass is 137 g/mol. The van der Waals surface area contributed by atoms with Gasteiger partial charge >= 0.3 is 8.25 Å². The first kappa shape index (κ1) is 8.02. The van der Waals surface area contributed by atoms with E-state index < -0.39 is 8.25 Å². The zero-order chi connectivity index (χ0) is 6.41. The van der Waals surface area contributed by atoms with E-state index in [1.54, 1.807) is 0 Å². The largest absolute Gasteiger partial charge is 0.692 e. The lowest BCUT2D eigenvalue weighted by molar-refractivity contribution is 0.405. The Balaban J connectivity index is 0.000000122. The second kappa shape index (κ2) is 5.16. The summed E-state index contributed by atoms with van der Waals surface area (Å²) < 4.78 is 8.70. The van der Waals surface area contributed by atoms with Crippen molar-refractivity contribution in [2.24, 2.45) is 0 Å². The van der Waals surface area contributed by atoms with Gasteiger partial charge in [-0.05, 0) is 0 Å². The van der Waals surface area contributed by atoms with Crippen LogP contribution in [0.5, 0.6) is 0 Å². The predicted molar refractivity (Wildman–Crippen MR) is 30.5 cm³/mol. The summed E-state index contributed by atoms with van der Waals surface area (Å²) in [6.07, 6.45) is 6.00. The number of hydrogen-bond donors (Lipinski definition) is 2. The van der Waals surface area contributed by atoms with E-state index in [9.17, 15) is 0 Å². The van der Waals surface area contributed by atoms with Crippen LogP contribution in [0, 0.1) is 0 Å². The van der Waals surface area contributed by atoms with Gasteiger partial charge in [-0.15, -0.1) is 9.79 Å². The van der Waals surface area contributed by atoms with Crippen LogP contribution in [-0.2, 0) is 4.57 Å². The Morgan fingerprint density at radius 3 is 1.12 bits per heavy atom. The maximum atomic E-state index is 8.70. The van der Waals surface area contributed by atoms with Gasteiger partial charge in [0, 0.05) is 4.57 Å². The molecule has 3 nitrogen and oxygen atoms in total. The Bertz CT molecular complexity index is 61.7. The fourth-order valence-corrected chi connectivity index (χ4v) is 0.250. The van der Waals surface area contributed by atoms with Crippen molar-refractivity contribution < 1.29 is 14.4 Å². The summed E-state index contributed by atoms with van der Waals surface area (Å²) in [5.74, 6) is 0. The van der Waals surface area contributed by atoms with Crippen LogP contribution in [0.15, 0.2) is 0 Å². The van der Waals surface area contributed by atoms with Gasteiger partial charge in [0.15, 0.2) is 0 Å². The highest BCUT2D eigenvalue weighted by Crippen LogP contribution is 2.15. The van der Waals surface area contributed by atoms with Crippen molar-refractivity contribution in [1.29, 1.82) is 0 Å². The van der Waals surface area contributed by atoms with Crippen molar-refractivity contribution in [2.45, 2.75) is 25.7 Å². The Morgan fingerprint density at radius 2 is 1.12 bits per heavy atom. The van der Waals surface area contributed by atoms with Gasteiger partial charge in [-0.25, -0.2) is 0 Å². The Kier molecular flexibility index (Phi) is 5.18. The number of hydrogen-bond acceptors (Lipinski definition) is 1. The fourth-order valence-electron chi connectivity index (χ4n) is 0.250. The van der Waals surface area contributed by atoms with Crippen LogP contribution < -0.4 is 0 Å². The summed E-state index contributed by atoms with van der Waals surface area (Å²) >= 11 is 0. The molecule has 0 bridgehead atoms. The van der Waals surface area contributed by atoms with E-state index in [1.165, 1.54) is 25.7 Å². The molecule has 0 saturated heterocycles. The molecule has 1 saturated carbocycles. The van der Waals surface area contributed by atoms with Crippen molar-refractivity contribution in [3.8, 4) is 0 Å². The molecule has 0 amide bonds. The summed E-state index contributed by atoms with van der Waals surface area (Å²) in [5.41, 5.74) is 0. The van der Waals surface area contributed by atoms with E-state index in [-0.39, 0.29) is 0 Å². The molecule has 1 rings (SSSR count). The van der Waals surface area contributed by atoms with Gasteiger partial charge in [0.25, 0.3) is 0 Å². The molecule has 4 heteroatoms. The van der Waals surface area contributed by atoms with Crippen LogP contribution >= 0.6 is 8.25 Å². The van der Waals surface area contributed by atoms with Crippen LogP contribution in [-0.4, -0.2) is 9.79 Å². The Morgan fingerprint density at radius 1 is 1.00 bits per heavy atom. The summed E-state index contributed by atoms with van der Waals surface area (Å²) in [5, 5.41) is 0. The van der Waals surface area contributed by atoms with Gasteiger partial charge in [0.05, 0.1) is 0 Å². The van der Waals surface area contributed by atoms with Gasteiger partial charge < -0.3 is 0 Å². The topological polar surface area (TPSA) is 57.5 Å². The smallest absolute Gasteiger partial charge is 0.134 e. The van der Waals surface area contributed by atoms with Crippen LogP contribution in [0.1, 0.15) is 25.7 Å². The summed E-state index contributed by atoms with van der Waals surface area (Å²) in [6, 6.07) is 0. The van der Waals surface area contributed by atoms with E-state index >= 15 is 0 Å². The molecule has 0 aromatic rings. The molecule has 0 unspecified atom stereocenters. The molecular formula is C4H10O3P+. The van der Waals surface area contributed by atoms with Gasteiger partial charge in [-0.3, -0.25) is 0 Å². The molecular weight excluding hydrogens is 127 g/mol. The quantitative estimate of drug-likeness (QED) is 0.493. The normalized spacial score (nSPS) is 15.2. The SMILES string of the molecule is C1CCC1.O=[P+](O)O. The average molecular weight is 137 g/mol. The highest BCUT2D eigenvalue weighted by atomic mass is 31.1. The Hall–Kier alpha value is 0.0200. The standard InChI is InChI=1S/C4H8.HO3P/c1-2-4-3-1;1-4(2)3/h1-4H2;(H-,1,2,3)/p+1. The molecule has 0 radical (unpaired) electrons. The van der Waals surface area contributed by atoms with Gasteiger partial charge in [-0.1, -0.05) is 25.7 Å². The van der Waals surface area contributed by atoms with Gasteiger partial charge in [0.2, 0.25) is 0 Å². The summed E-state index contributed by atoms with van der Waals surface area (Å²) in [6.45, 7) is 0. The third-order valence-electron chi connectivity index (χ3n) is 1.000.